The number of pyridine rings is 1. The highest BCUT2D eigenvalue weighted by molar-refractivity contribution is 7.13. The molecule has 2 aromatic heterocycles. The lowest BCUT2D eigenvalue weighted by Crippen LogP contribution is -2.28. The summed E-state index contributed by atoms with van der Waals surface area (Å²) >= 11 is 7.48. The lowest BCUT2D eigenvalue weighted by atomic mass is 10.1. The third kappa shape index (κ3) is 4.19. The van der Waals surface area contributed by atoms with Crippen LogP contribution in [0.15, 0.2) is 54.0 Å². The van der Waals surface area contributed by atoms with Crippen molar-refractivity contribution in [3.05, 3.63) is 70.3 Å². The van der Waals surface area contributed by atoms with Gasteiger partial charge in [0.05, 0.1) is 23.9 Å². The van der Waals surface area contributed by atoms with Crippen molar-refractivity contribution in [3.8, 4) is 10.7 Å². The van der Waals surface area contributed by atoms with Gasteiger partial charge in [-0.1, -0.05) is 29.8 Å². The highest BCUT2D eigenvalue weighted by Gasteiger charge is 2.13. The number of thiazole rings is 1. The SMILES string of the molecule is C[C@H](NC(=O)Cc1csc(-c2ccccn2)n1)c1cccc(Cl)c1. The van der Waals surface area contributed by atoms with E-state index in [-0.39, 0.29) is 18.4 Å². The zero-order chi connectivity index (χ0) is 16.9. The van der Waals surface area contributed by atoms with E-state index in [1.807, 2.05) is 54.8 Å². The smallest absolute Gasteiger partial charge is 0.226 e. The molecule has 0 saturated carbocycles. The van der Waals surface area contributed by atoms with Gasteiger partial charge in [-0.25, -0.2) is 4.98 Å². The normalized spacial score (nSPS) is 11.9. The van der Waals surface area contributed by atoms with Crippen molar-refractivity contribution in [2.45, 2.75) is 19.4 Å². The molecule has 0 saturated heterocycles. The number of nitrogens with one attached hydrogen (secondary N) is 1. The van der Waals surface area contributed by atoms with Crippen LogP contribution in [0.4, 0.5) is 0 Å². The van der Waals surface area contributed by atoms with E-state index in [4.69, 9.17) is 11.6 Å². The van der Waals surface area contributed by atoms with Gasteiger partial charge in [-0.15, -0.1) is 11.3 Å². The molecule has 122 valence electrons. The van der Waals surface area contributed by atoms with Gasteiger partial charge in [0.2, 0.25) is 5.91 Å². The quantitative estimate of drug-likeness (QED) is 0.741. The lowest BCUT2D eigenvalue weighted by molar-refractivity contribution is -0.121. The summed E-state index contributed by atoms with van der Waals surface area (Å²) < 4.78 is 0. The molecule has 0 unspecified atom stereocenters. The Labute approximate surface area is 149 Å². The van der Waals surface area contributed by atoms with Gasteiger partial charge < -0.3 is 5.32 Å². The third-order valence-corrected chi connectivity index (χ3v) is 4.65. The number of hydrogen-bond acceptors (Lipinski definition) is 4. The van der Waals surface area contributed by atoms with Gasteiger partial charge in [0.15, 0.2) is 0 Å². The molecule has 6 heteroatoms. The number of carbonyl (C=O) groups excluding carboxylic acids is 1. The summed E-state index contributed by atoms with van der Waals surface area (Å²) in [5, 5.41) is 6.35. The molecule has 0 spiro atoms. The van der Waals surface area contributed by atoms with Gasteiger partial charge in [-0.05, 0) is 36.8 Å². The van der Waals surface area contributed by atoms with Crippen molar-refractivity contribution in [2.24, 2.45) is 0 Å². The van der Waals surface area contributed by atoms with Gasteiger partial charge in [0.25, 0.3) is 0 Å². The fraction of sp³-hybridized carbons (Fsp3) is 0.167. The van der Waals surface area contributed by atoms with Crippen LogP contribution in [0.25, 0.3) is 10.7 Å². The van der Waals surface area contributed by atoms with E-state index in [0.29, 0.717) is 5.02 Å². The second-order valence-corrected chi connectivity index (χ2v) is 6.67. The molecule has 24 heavy (non-hydrogen) atoms. The van der Waals surface area contributed by atoms with Gasteiger partial charge in [-0.3, -0.25) is 9.78 Å². The maximum atomic E-state index is 12.2. The molecular formula is C18H16ClN3OS. The van der Waals surface area contributed by atoms with Crippen molar-refractivity contribution in [3.63, 3.8) is 0 Å². The van der Waals surface area contributed by atoms with Crippen LogP contribution in [0.5, 0.6) is 0 Å². The minimum absolute atomic E-state index is 0.0691. The van der Waals surface area contributed by atoms with Crippen LogP contribution in [0.1, 0.15) is 24.2 Å². The first kappa shape index (κ1) is 16.6. The summed E-state index contributed by atoms with van der Waals surface area (Å²) in [6.45, 7) is 1.93. The van der Waals surface area contributed by atoms with Crippen molar-refractivity contribution < 1.29 is 4.79 Å². The summed E-state index contributed by atoms with van der Waals surface area (Å²) in [6, 6.07) is 13.1. The van der Waals surface area contributed by atoms with Crippen LogP contribution in [0, 0.1) is 0 Å². The van der Waals surface area contributed by atoms with Gasteiger partial charge in [-0.2, -0.15) is 0 Å². The molecule has 0 aliphatic rings. The standard InChI is InChI=1S/C18H16ClN3OS/c1-12(13-5-4-6-14(19)9-13)21-17(23)10-15-11-24-18(22-15)16-7-2-3-8-20-16/h2-9,11-12H,10H2,1H3,(H,21,23)/t12-/m0/s1. The van der Waals surface area contributed by atoms with Crippen LogP contribution < -0.4 is 5.32 Å². The summed E-state index contributed by atoms with van der Waals surface area (Å²) in [6.07, 6.45) is 1.98. The number of halogens is 1. The number of hydrogen-bond donors (Lipinski definition) is 1. The number of rotatable bonds is 5. The van der Waals surface area contributed by atoms with Crippen LogP contribution in [-0.4, -0.2) is 15.9 Å². The Kier molecular flexibility index (Phi) is 5.23. The Hall–Kier alpha value is -2.24. The van der Waals surface area contributed by atoms with Crippen LogP contribution in [0.3, 0.4) is 0 Å². The van der Waals surface area contributed by atoms with Crippen molar-refractivity contribution >= 4 is 28.8 Å². The van der Waals surface area contributed by atoms with Crippen LogP contribution in [0.2, 0.25) is 5.02 Å². The van der Waals surface area contributed by atoms with Crippen LogP contribution in [-0.2, 0) is 11.2 Å². The predicted molar refractivity (Wildman–Crippen MR) is 97.1 cm³/mol. The molecule has 0 fully saturated rings. The molecule has 2 heterocycles. The minimum atomic E-state index is -0.106. The Bertz CT molecular complexity index is 835. The molecule has 1 atom stereocenters. The highest BCUT2D eigenvalue weighted by atomic mass is 35.5. The zero-order valence-corrected chi connectivity index (χ0v) is 14.6. The first-order chi connectivity index (χ1) is 11.6. The number of carbonyl (C=O) groups is 1. The minimum Gasteiger partial charge on any atom is -0.349 e. The number of nitrogens with zero attached hydrogens (tertiary/aromatic N) is 2. The topological polar surface area (TPSA) is 54.9 Å². The first-order valence-electron chi connectivity index (χ1n) is 7.52. The molecule has 3 aromatic rings. The van der Waals surface area contributed by atoms with E-state index in [0.717, 1.165) is 22.0 Å². The van der Waals surface area contributed by atoms with E-state index in [9.17, 15) is 4.79 Å². The van der Waals surface area contributed by atoms with E-state index in [2.05, 4.69) is 15.3 Å². The summed E-state index contributed by atoms with van der Waals surface area (Å²) in [5.41, 5.74) is 2.54. The van der Waals surface area contributed by atoms with Crippen LogP contribution >= 0.6 is 22.9 Å². The number of aromatic nitrogens is 2. The second-order valence-electron chi connectivity index (χ2n) is 5.38. The average Bonchev–Trinajstić information content (AvgIpc) is 3.04. The van der Waals surface area contributed by atoms with Crippen molar-refractivity contribution in [2.75, 3.05) is 0 Å². The largest absolute Gasteiger partial charge is 0.349 e. The maximum absolute atomic E-state index is 12.2. The van der Waals surface area contributed by atoms with Gasteiger partial charge in [0, 0.05) is 16.6 Å². The summed E-state index contributed by atoms with van der Waals surface area (Å²) in [5.74, 6) is -0.0691. The fourth-order valence-corrected chi connectivity index (χ4v) is 3.31. The molecule has 1 aromatic carbocycles. The number of amides is 1. The molecule has 0 aliphatic heterocycles. The average molecular weight is 358 g/mol. The molecule has 4 nitrogen and oxygen atoms in total. The molecule has 0 bridgehead atoms. The highest BCUT2D eigenvalue weighted by Crippen LogP contribution is 2.22. The van der Waals surface area contributed by atoms with Crippen molar-refractivity contribution in [1.82, 2.24) is 15.3 Å². The van der Waals surface area contributed by atoms with Crippen molar-refractivity contribution in [1.29, 1.82) is 0 Å². The maximum Gasteiger partial charge on any atom is 0.226 e. The third-order valence-electron chi connectivity index (χ3n) is 3.50. The lowest BCUT2D eigenvalue weighted by Gasteiger charge is -2.14. The second kappa shape index (κ2) is 7.55. The van der Waals surface area contributed by atoms with E-state index < -0.39 is 0 Å². The Balaban J connectivity index is 1.62. The Morgan fingerprint density at radius 3 is 2.92 bits per heavy atom. The van der Waals surface area contributed by atoms with E-state index in [1.54, 1.807) is 6.20 Å². The van der Waals surface area contributed by atoms with Gasteiger partial charge >= 0.3 is 0 Å². The van der Waals surface area contributed by atoms with Gasteiger partial charge in [0.1, 0.15) is 5.01 Å². The predicted octanol–water partition coefficient (Wildman–Crippen LogP) is 4.28. The monoisotopic (exact) mass is 357 g/mol. The molecule has 1 amide bonds. The van der Waals surface area contributed by atoms with E-state index >= 15 is 0 Å². The zero-order valence-electron chi connectivity index (χ0n) is 13.1. The van der Waals surface area contributed by atoms with E-state index in [1.165, 1.54) is 11.3 Å². The molecule has 3 rings (SSSR count). The number of benzene rings is 1. The fourth-order valence-electron chi connectivity index (χ4n) is 2.31. The Morgan fingerprint density at radius 1 is 1.29 bits per heavy atom. The summed E-state index contributed by atoms with van der Waals surface area (Å²) in [7, 11) is 0. The molecule has 0 aliphatic carbocycles. The summed E-state index contributed by atoms with van der Waals surface area (Å²) in [4.78, 5) is 21.0. The molecular weight excluding hydrogens is 342 g/mol. The molecule has 0 radical (unpaired) electrons. The first-order valence-corrected chi connectivity index (χ1v) is 8.78. The Morgan fingerprint density at radius 2 is 2.17 bits per heavy atom. The molecule has 1 N–H and O–H groups in total.